The van der Waals surface area contributed by atoms with E-state index < -0.39 is 0 Å². The number of nitrogens with zero attached hydrogens (tertiary/aromatic N) is 2. The van der Waals surface area contributed by atoms with Gasteiger partial charge in [-0.3, -0.25) is 4.79 Å². The zero-order valence-electron chi connectivity index (χ0n) is 13.7. The van der Waals surface area contributed by atoms with Crippen molar-refractivity contribution in [3.8, 4) is 0 Å². The van der Waals surface area contributed by atoms with Gasteiger partial charge < -0.3 is 14.6 Å². The molecule has 0 aliphatic heterocycles. The summed E-state index contributed by atoms with van der Waals surface area (Å²) in [5.74, 6) is 0.126. The second-order valence-corrected chi connectivity index (χ2v) is 6.48. The van der Waals surface area contributed by atoms with E-state index in [0.29, 0.717) is 13.2 Å². The number of hydrogen-bond acceptors (Lipinski definition) is 3. The number of halogens is 1. The molecule has 0 bridgehead atoms. The molecule has 6 heteroatoms. The largest absolute Gasteiger partial charge is 0.378 e. The Hall–Kier alpha value is -1.85. The van der Waals surface area contributed by atoms with Crippen LogP contribution in [0.4, 0.5) is 0 Å². The predicted molar refractivity (Wildman–Crippen MR) is 93.0 cm³/mol. The van der Waals surface area contributed by atoms with E-state index in [1.807, 2.05) is 48.3 Å². The smallest absolute Gasteiger partial charge is 0.225 e. The van der Waals surface area contributed by atoms with Crippen molar-refractivity contribution >= 4 is 17.5 Å². The summed E-state index contributed by atoms with van der Waals surface area (Å²) in [5.41, 5.74) is 2.15. The molecule has 2 atom stereocenters. The van der Waals surface area contributed by atoms with Gasteiger partial charge in [0.1, 0.15) is 0 Å². The van der Waals surface area contributed by atoms with E-state index in [2.05, 4.69) is 10.3 Å². The summed E-state index contributed by atoms with van der Waals surface area (Å²) in [6.07, 6.45) is 5.52. The molecule has 24 heavy (non-hydrogen) atoms. The number of ether oxygens (including phenoxy) is 1. The van der Waals surface area contributed by atoms with Gasteiger partial charge in [0.25, 0.3) is 0 Å². The fourth-order valence-electron chi connectivity index (χ4n) is 2.71. The molecule has 2 aromatic rings. The lowest BCUT2D eigenvalue weighted by Crippen LogP contribution is -2.28. The maximum absolute atomic E-state index is 11.9. The van der Waals surface area contributed by atoms with Crippen molar-refractivity contribution in [2.45, 2.75) is 32.4 Å². The first-order chi connectivity index (χ1) is 11.7. The van der Waals surface area contributed by atoms with Gasteiger partial charge in [0.15, 0.2) is 0 Å². The number of imidazole rings is 1. The Labute approximate surface area is 147 Å². The second-order valence-electron chi connectivity index (χ2n) is 6.04. The van der Waals surface area contributed by atoms with Gasteiger partial charge in [-0.1, -0.05) is 23.7 Å². The lowest BCUT2D eigenvalue weighted by atomic mass is 10.2. The van der Waals surface area contributed by atoms with Crippen molar-refractivity contribution in [3.05, 3.63) is 53.1 Å². The topological polar surface area (TPSA) is 56.1 Å². The Morgan fingerprint density at radius 2 is 2.21 bits per heavy atom. The molecule has 3 rings (SSSR count). The van der Waals surface area contributed by atoms with E-state index in [9.17, 15) is 4.79 Å². The SMILES string of the molecule is CCOC1CC1C(=O)NCCc1cn(Cc2ccc(Cl)cc2)cn1. The number of aromatic nitrogens is 2. The quantitative estimate of drug-likeness (QED) is 0.798. The minimum atomic E-state index is 0.0346. The van der Waals surface area contributed by atoms with Crippen LogP contribution in [0.15, 0.2) is 36.8 Å². The van der Waals surface area contributed by atoms with Gasteiger partial charge >= 0.3 is 0 Å². The van der Waals surface area contributed by atoms with Gasteiger partial charge in [0, 0.05) is 37.3 Å². The molecule has 1 amide bonds. The van der Waals surface area contributed by atoms with Crippen LogP contribution in [-0.4, -0.2) is 34.7 Å². The highest BCUT2D eigenvalue weighted by Gasteiger charge is 2.43. The van der Waals surface area contributed by atoms with Gasteiger partial charge in [0.05, 0.1) is 24.0 Å². The zero-order chi connectivity index (χ0) is 16.9. The molecule has 0 radical (unpaired) electrons. The standard InChI is InChI=1S/C18H22ClN3O2/c1-2-24-17-9-16(17)18(23)20-8-7-15-11-22(12-21-15)10-13-3-5-14(19)6-4-13/h3-6,11-12,16-17H,2,7-10H2,1H3,(H,20,23). The van der Waals surface area contributed by atoms with E-state index in [4.69, 9.17) is 16.3 Å². The fourth-order valence-corrected chi connectivity index (χ4v) is 2.84. The van der Waals surface area contributed by atoms with Crippen molar-refractivity contribution in [2.24, 2.45) is 5.92 Å². The fraction of sp³-hybridized carbons (Fsp3) is 0.444. The molecule has 0 saturated heterocycles. The summed E-state index contributed by atoms with van der Waals surface area (Å²) in [4.78, 5) is 16.3. The molecule has 2 unspecified atom stereocenters. The molecule has 1 aromatic heterocycles. The van der Waals surface area contributed by atoms with Crippen LogP contribution in [0.2, 0.25) is 5.02 Å². The maximum Gasteiger partial charge on any atom is 0.225 e. The number of carbonyl (C=O) groups is 1. The molecule has 1 heterocycles. The third kappa shape index (κ3) is 4.58. The molecule has 1 aromatic carbocycles. The van der Waals surface area contributed by atoms with Gasteiger partial charge in [0.2, 0.25) is 5.91 Å². The second kappa shape index (κ2) is 7.81. The lowest BCUT2D eigenvalue weighted by Gasteiger charge is -2.04. The number of hydrogen-bond donors (Lipinski definition) is 1. The minimum absolute atomic E-state index is 0.0346. The molecule has 1 saturated carbocycles. The van der Waals surface area contributed by atoms with Crippen LogP contribution < -0.4 is 5.32 Å². The molecular formula is C18H22ClN3O2. The number of benzene rings is 1. The summed E-state index contributed by atoms with van der Waals surface area (Å²) in [7, 11) is 0. The van der Waals surface area contributed by atoms with Gasteiger partial charge in [-0.2, -0.15) is 0 Å². The Morgan fingerprint density at radius 3 is 2.96 bits per heavy atom. The summed E-state index contributed by atoms with van der Waals surface area (Å²) < 4.78 is 7.47. The van der Waals surface area contributed by atoms with Crippen LogP contribution in [0, 0.1) is 5.92 Å². The molecule has 1 fully saturated rings. The minimum Gasteiger partial charge on any atom is -0.378 e. The summed E-state index contributed by atoms with van der Waals surface area (Å²) in [6, 6.07) is 7.79. The molecular weight excluding hydrogens is 326 g/mol. The first kappa shape index (κ1) is 17.0. The highest BCUT2D eigenvalue weighted by atomic mass is 35.5. The third-order valence-electron chi connectivity index (χ3n) is 4.09. The van der Waals surface area contributed by atoms with Crippen molar-refractivity contribution in [1.82, 2.24) is 14.9 Å². The van der Waals surface area contributed by atoms with E-state index in [-0.39, 0.29) is 17.9 Å². The van der Waals surface area contributed by atoms with E-state index in [0.717, 1.165) is 30.1 Å². The first-order valence-corrected chi connectivity index (χ1v) is 8.68. The van der Waals surface area contributed by atoms with Crippen molar-refractivity contribution in [1.29, 1.82) is 0 Å². The Bertz CT molecular complexity index is 684. The van der Waals surface area contributed by atoms with Crippen LogP contribution in [0.3, 0.4) is 0 Å². The van der Waals surface area contributed by atoms with Crippen molar-refractivity contribution in [3.63, 3.8) is 0 Å². The third-order valence-corrected chi connectivity index (χ3v) is 4.35. The van der Waals surface area contributed by atoms with Crippen LogP contribution in [0.1, 0.15) is 24.6 Å². The number of nitrogens with one attached hydrogen (secondary N) is 1. The summed E-state index contributed by atoms with van der Waals surface area (Å²) in [6.45, 7) is 3.98. The summed E-state index contributed by atoms with van der Waals surface area (Å²) in [5, 5.41) is 3.70. The molecule has 0 spiro atoms. The van der Waals surface area contributed by atoms with Gasteiger partial charge in [-0.15, -0.1) is 0 Å². The number of carbonyl (C=O) groups excluding carboxylic acids is 1. The van der Waals surface area contributed by atoms with Crippen molar-refractivity contribution < 1.29 is 9.53 Å². The molecule has 1 aliphatic carbocycles. The normalized spacial score (nSPS) is 19.2. The lowest BCUT2D eigenvalue weighted by molar-refractivity contribution is -0.123. The Kier molecular flexibility index (Phi) is 5.53. The van der Waals surface area contributed by atoms with E-state index >= 15 is 0 Å². The van der Waals surface area contributed by atoms with Crippen LogP contribution >= 0.6 is 11.6 Å². The van der Waals surface area contributed by atoms with Gasteiger partial charge in [-0.25, -0.2) is 4.98 Å². The number of amides is 1. The van der Waals surface area contributed by atoms with E-state index in [1.165, 1.54) is 5.56 Å². The molecule has 1 aliphatic rings. The van der Waals surface area contributed by atoms with Crippen LogP contribution in [0.5, 0.6) is 0 Å². The highest BCUT2D eigenvalue weighted by Crippen LogP contribution is 2.33. The van der Waals surface area contributed by atoms with Crippen LogP contribution in [0.25, 0.3) is 0 Å². The first-order valence-electron chi connectivity index (χ1n) is 8.30. The highest BCUT2D eigenvalue weighted by molar-refractivity contribution is 6.30. The monoisotopic (exact) mass is 347 g/mol. The predicted octanol–water partition coefficient (Wildman–Crippen LogP) is 2.67. The molecule has 1 N–H and O–H groups in total. The number of rotatable bonds is 8. The van der Waals surface area contributed by atoms with Crippen molar-refractivity contribution in [2.75, 3.05) is 13.2 Å². The van der Waals surface area contributed by atoms with Gasteiger partial charge in [-0.05, 0) is 31.0 Å². The molecule has 5 nitrogen and oxygen atoms in total. The Balaban J connectivity index is 1.41. The zero-order valence-corrected chi connectivity index (χ0v) is 14.5. The maximum atomic E-state index is 11.9. The average molecular weight is 348 g/mol. The van der Waals surface area contributed by atoms with Crippen LogP contribution in [-0.2, 0) is 22.5 Å². The Morgan fingerprint density at radius 1 is 1.42 bits per heavy atom. The van der Waals surface area contributed by atoms with E-state index in [1.54, 1.807) is 0 Å². The molecule has 128 valence electrons. The summed E-state index contributed by atoms with van der Waals surface area (Å²) >= 11 is 5.89. The average Bonchev–Trinajstić information content (AvgIpc) is 3.20.